The minimum atomic E-state index is 0.695. The summed E-state index contributed by atoms with van der Waals surface area (Å²) in [4.78, 5) is 0. The van der Waals surface area contributed by atoms with Crippen molar-refractivity contribution in [2.24, 2.45) is 5.10 Å². The third-order valence-corrected chi connectivity index (χ3v) is 5.16. The van der Waals surface area contributed by atoms with Gasteiger partial charge < -0.3 is 9.15 Å². The van der Waals surface area contributed by atoms with Crippen LogP contribution in [-0.2, 0) is 0 Å². The Labute approximate surface area is 153 Å². The first-order valence-electron chi connectivity index (χ1n) is 8.11. The van der Waals surface area contributed by atoms with Crippen LogP contribution in [0.25, 0.3) is 22.4 Å². The monoisotopic (exact) mass is 362 g/mol. The first-order chi connectivity index (χ1) is 12.8. The van der Waals surface area contributed by atoms with Crippen LogP contribution in [0.4, 0.5) is 0 Å². The summed E-state index contributed by atoms with van der Waals surface area (Å²) in [7, 11) is 1.65. The minimum Gasteiger partial charge on any atom is -0.497 e. The standard InChI is InChI=1S/C19H14N4O2S/c1-24-14-8-6-12(7-9-14)18-20-21-19-23(18)22-15(11-26-19)17-10-13-4-2-3-5-16(13)25-17/h2-10H,11H2,1H3. The molecule has 3 heterocycles. The predicted molar refractivity (Wildman–Crippen MR) is 101 cm³/mol. The average Bonchev–Trinajstić information content (AvgIpc) is 3.31. The van der Waals surface area contributed by atoms with Crippen LogP contribution < -0.4 is 4.74 Å². The van der Waals surface area contributed by atoms with Crippen LogP contribution in [0.1, 0.15) is 5.76 Å². The molecule has 0 spiro atoms. The summed E-state index contributed by atoms with van der Waals surface area (Å²) >= 11 is 1.60. The van der Waals surface area contributed by atoms with Crippen molar-refractivity contribution in [1.82, 2.24) is 14.9 Å². The Morgan fingerprint density at radius 2 is 1.92 bits per heavy atom. The zero-order chi connectivity index (χ0) is 17.5. The summed E-state index contributed by atoms with van der Waals surface area (Å²) in [5.41, 5.74) is 2.66. The van der Waals surface area contributed by atoms with Gasteiger partial charge in [-0.3, -0.25) is 0 Å². The van der Waals surface area contributed by atoms with Crippen molar-refractivity contribution in [2.75, 3.05) is 12.9 Å². The van der Waals surface area contributed by atoms with Gasteiger partial charge in [0.2, 0.25) is 5.16 Å². The normalized spacial score (nSPS) is 13.5. The Kier molecular flexibility index (Phi) is 3.53. The number of aromatic nitrogens is 3. The van der Waals surface area contributed by atoms with Crippen LogP contribution in [0.5, 0.6) is 5.75 Å². The molecule has 128 valence electrons. The van der Waals surface area contributed by atoms with Crippen molar-refractivity contribution >= 4 is 28.4 Å². The zero-order valence-electron chi connectivity index (χ0n) is 13.9. The summed E-state index contributed by atoms with van der Waals surface area (Å²) < 4.78 is 13.0. The third kappa shape index (κ3) is 2.48. The number of methoxy groups -OCH3 is 1. The van der Waals surface area contributed by atoms with E-state index in [1.807, 2.05) is 54.6 Å². The van der Waals surface area contributed by atoms with E-state index in [0.29, 0.717) is 11.6 Å². The molecule has 2 aromatic heterocycles. The largest absolute Gasteiger partial charge is 0.497 e. The molecule has 0 saturated carbocycles. The number of fused-ring (bicyclic) bond motifs is 2. The Morgan fingerprint density at radius 1 is 1.08 bits per heavy atom. The van der Waals surface area contributed by atoms with Gasteiger partial charge in [0, 0.05) is 16.7 Å². The second-order valence-electron chi connectivity index (χ2n) is 5.83. The maximum absolute atomic E-state index is 5.96. The molecule has 7 heteroatoms. The molecule has 6 nitrogen and oxygen atoms in total. The first kappa shape index (κ1) is 15.2. The highest BCUT2D eigenvalue weighted by Gasteiger charge is 2.22. The van der Waals surface area contributed by atoms with E-state index in [0.717, 1.165) is 38.9 Å². The molecular formula is C19H14N4O2S. The van der Waals surface area contributed by atoms with Crippen LogP contribution in [0.2, 0.25) is 0 Å². The number of benzene rings is 2. The first-order valence-corrected chi connectivity index (χ1v) is 9.10. The highest BCUT2D eigenvalue weighted by molar-refractivity contribution is 7.99. The fraction of sp³-hybridized carbons (Fsp3) is 0.105. The molecule has 0 N–H and O–H groups in total. The predicted octanol–water partition coefficient (Wildman–Crippen LogP) is 4.06. The fourth-order valence-corrected chi connectivity index (χ4v) is 3.71. The van der Waals surface area contributed by atoms with Gasteiger partial charge in [0.05, 0.1) is 7.11 Å². The van der Waals surface area contributed by atoms with E-state index in [4.69, 9.17) is 14.3 Å². The molecule has 0 bridgehead atoms. The molecule has 1 aliphatic heterocycles. The lowest BCUT2D eigenvalue weighted by Crippen LogP contribution is -2.13. The SMILES string of the molecule is COc1ccc(-c2nnc3n2N=C(c2cc4ccccc4o2)CS3)cc1. The van der Waals surface area contributed by atoms with Crippen molar-refractivity contribution < 1.29 is 9.15 Å². The van der Waals surface area contributed by atoms with Gasteiger partial charge in [-0.2, -0.15) is 9.78 Å². The number of hydrogen-bond acceptors (Lipinski definition) is 6. The van der Waals surface area contributed by atoms with E-state index < -0.39 is 0 Å². The van der Waals surface area contributed by atoms with E-state index in [-0.39, 0.29) is 0 Å². The van der Waals surface area contributed by atoms with Crippen molar-refractivity contribution in [1.29, 1.82) is 0 Å². The second kappa shape index (κ2) is 6.03. The van der Waals surface area contributed by atoms with Gasteiger partial charge in [0.1, 0.15) is 17.0 Å². The van der Waals surface area contributed by atoms with E-state index in [1.54, 1.807) is 23.5 Å². The molecule has 0 fully saturated rings. The van der Waals surface area contributed by atoms with Crippen molar-refractivity contribution in [3.63, 3.8) is 0 Å². The molecule has 0 atom stereocenters. The minimum absolute atomic E-state index is 0.695. The van der Waals surface area contributed by atoms with Crippen molar-refractivity contribution in [3.8, 4) is 17.1 Å². The van der Waals surface area contributed by atoms with Gasteiger partial charge >= 0.3 is 0 Å². The quantitative estimate of drug-likeness (QED) is 0.550. The van der Waals surface area contributed by atoms with Crippen LogP contribution in [0.3, 0.4) is 0 Å². The molecule has 1 aliphatic rings. The molecule has 26 heavy (non-hydrogen) atoms. The summed E-state index contributed by atoms with van der Waals surface area (Å²) in [5.74, 6) is 2.97. The van der Waals surface area contributed by atoms with Crippen LogP contribution in [0.15, 0.2) is 69.3 Å². The lowest BCUT2D eigenvalue weighted by molar-refractivity contribution is 0.415. The number of hydrogen-bond donors (Lipinski definition) is 0. The highest BCUT2D eigenvalue weighted by atomic mass is 32.2. The Morgan fingerprint density at radius 3 is 2.73 bits per heavy atom. The van der Waals surface area contributed by atoms with E-state index >= 15 is 0 Å². The number of ether oxygens (including phenoxy) is 1. The number of thioether (sulfide) groups is 1. The molecule has 0 saturated heterocycles. The van der Waals surface area contributed by atoms with E-state index in [9.17, 15) is 0 Å². The van der Waals surface area contributed by atoms with Gasteiger partial charge in [0.25, 0.3) is 0 Å². The molecule has 2 aromatic carbocycles. The van der Waals surface area contributed by atoms with Crippen LogP contribution >= 0.6 is 11.8 Å². The molecule has 5 rings (SSSR count). The summed E-state index contributed by atoms with van der Waals surface area (Å²) in [6, 6.07) is 17.7. The molecule has 0 amide bonds. The maximum Gasteiger partial charge on any atom is 0.212 e. The van der Waals surface area contributed by atoms with Crippen LogP contribution in [0, 0.1) is 0 Å². The Hall–Kier alpha value is -3.06. The van der Waals surface area contributed by atoms with Gasteiger partial charge in [-0.15, -0.1) is 10.2 Å². The third-order valence-electron chi connectivity index (χ3n) is 4.23. The lowest BCUT2D eigenvalue weighted by Gasteiger charge is -2.12. The van der Waals surface area contributed by atoms with E-state index in [1.165, 1.54) is 0 Å². The second-order valence-corrected chi connectivity index (χ2v) is 6.77. The maximum atomic E-state index is 5.96. The summed E-state index contributed by atoms with van der Waals surface area (Å²) in [6.07, 6.45) is 0. The number of rotatable bonds is 3. The van der Waals surface area contributed by atoms with Crippen molar-refractivity contribution in [3.05, 3.63) is 60.4 Å². The number of furan rings is 1. The number of para-hydroxylation sites is 1. The molecule has 0 aliphatic carbocycles. The topological polar surface area (TPSA) is 65.4 Å². The van der Waals surface area contributed by atoms with Gasteiger partial charge in [-0.05, 0) is 36.4 Å². The van der Waals surface area contributed by atoms with Gasteiger partial charge in [0.15, 0.2) is 11.6 Å². The van der Waals surface area contributed by atoms with Crippen molar-refractivity contribution in [2.45, 2.75) is 5.16 Å². The number of nitrogens with zero attached hydrogens (tertiary/aromatic N) is 4. The Bertz CT molecular complexity index is 1100. The highest BCUT2D eigenvalue weighted by Crippen LogP contribution is 2.30. The molecule has 4 aromatic rings. The molecule has 0 unspecified atom stereocenters. The fourth-order valence-electron chi connectivity index (χ4n) is 2.89. The summed E-state index contributed by atoms with van der Waals surface area (Å²) in [6.45, 7) is 0. The molecule has 0 radical (unpaired) electrons. The van der Waals surface area contributed by atoms with E-state index in [2.05, 4.69) is 10.2 Å². The Balaban J connectivity index is 1.57. The zero-order valence-corrected chi connectivity index (χ0v) is 14.7. The lowest BCUT2D eigenvalue weighted by atomic mass is 10.2. The average molecular weight is 362 g/mol. The molecular weight excluding hydrogens is 348 g/mol. The smallest absolute Gasteiger partial charge is 0.212 e. The van der Waals surface area contributed by atoms with Gasteiger partial charge in [-0.25, -0.2) is 0 Å². The van der Waals surface area contributed by atoms with Gasteiger partial charge in [-0.1, -0.05) is 30.0 Å². The summed E-state index contributed by atoms with van der Waals surface area (Å²) in [5, 5.41) is 15.2. The van der Waals surface area contributed by atoms with Crippen LogP contribution in [-0.4, -0.2) is 33.4 Å².